The molecule has 108 valence electrons. The van der Waals surface area contributed by atoms with Crippen molar-refractivity contribution < 1.29 is 14.0 Å². The van der Waals surface area contributed by atoms with Crippen molar-refractivity contribution in [2.75, 3.05) is 5.32 Å². The number of nitrogens with one attached hydrogen (secondary N) is 1. The molecule has 0 bridgehead atoms. The molecule has 2 amide bonds. The Morgan fingerprint density at radius 2 is 2.10 bits per heavy atom. The lowest BCUT2D eigenvalue weighted by Crippen LogP contribution is -2.17. The molecule has 0 saturated heterocycles. The molecular formula is C14H11BrFN3O2. The van der Waals surface area contributed by atoms with E-state index < -0.39 is 17.6 Å². The molecule has 7 heteroatoms. The molecule has 2 aromatic rings. The predicted octanol–water partition coefficient (Wildman–Crippen LogP) is 2.64. The largest absolute Gasteiger partial charge is 0.366 e. The SMILES string of the molecule is Cc1c(F)cc(C(N)=O)cc1NC(=O)c1ncccc1Br. The first-order valence-corrected chi connectivity index (χ1v) is 6.71. The Hall–Kier alpha value is -2.28. The van der Waals surface area contributed by atoms with E-state index in [1.165, 1.54) is 19.2 Å². The third-order valence-electron chi connectivity index (χ3n) is 2.85. The van der Waals surface area contributed by atoms with Gasteiger partial charge in [0.1, 0.15) is 11.5 Å². The van der Waals surface area contributed by atoms with E-state index in [0.717, 1.165) is 6.07 Å². The molecule has 0 atom stereocenters. The predicted molar refractivity (Wildman–Crippen MR) is 79.5 cm³/mol. The smallest absolute Gasteiger partial charge is 0.275 e. The number of anilines is 1. The Labute approximate surface area is 128 Å². The zero-order chi connectivity index (χ0) is 15.6. The average molecular weight is 352 g/mol. The van der Waals surface area contributed by atoms with Gasteiger partial charge < -0.3 is 11.1 Å². The third kappa shape index (κ3) is 3.25. The van der Waals surface area contributed by atoms with Gasteiger partial charge in [-0.1, -0.05) is 0 Å². The lowest BCUT2D eigenvalue weighted by Gasteiger charge is -2.11. The zero-order valence-electron chi connectivity index (χ0n) is 11.0. The highest BCUT2D eigenvalue weighted by Crippen LogP contribution is 2.22. The number of nitrogens with two attached hydrogens (primary N) is 1. The normalized spacial score (nSPS) is 10.2. The second-order valence-electron chi connectivity index (χ2n) is 4.28. The summed E-state index contributed by atoms with van der Waals surface area (Å²) in [6.45, 7) is 1.49. The van der Waals surface area contributed by atoms with E-state index in [1.54, 1.807) is 12.1 Å². The van der Waals surface area contributed by atoms with Crippen LogP contribution in [-0.4, -0.2) is 16.8 Å². The van der Waals surface area contributed by atoms with Crippen molar-refractivity contribution in [2.45, 2.75) is 6.92 Å². The zero-order valence-corrected chi connectivity index (χ0v) is 12.6. The molecule has 0 saturated carbocycles. The molecule has 0 aliphatic heterocycles. The van der Waals surface area contributed by atoms with Crippen LogP contribution in [0.3, 0.4) is 0 Å². The number of benzene rings is 1. The van der Waals surface area contributed by atoms with Crippen molar-refractivity contribution in [1.82, 2.24) is 4.98 Å². The summed E-state index contributed by atoms with van der Waals surface area (Å²) < 4.78 is 14.3. The van der Waals surface area contributed by atoms with Crippen LogP contribution in [0.5, 0.6) is 0 Å². The molecule has 0 unspecified atom stereocenters. The Morgan fingerprint density at radius 1 is 1.38 bits per heavy atom. The average Bonchev–Trinajstić information content (AvgIpc) is 2.43. The van der Waals surface area contributed by atoms with Gasteiger partial charge in [-0.05, 0) is 47.1 Å². The highest BCUT2D eigenvalue weighted by atomic mass is 79.9. The van der Waals surface area contributed by atoms with Gasteiger partial charge in [0.2, 0.25) is 5.91 Å². The molecular weight excluding hydrogens is 341 g/mol. The lowest BCUT2D eigenvalue weighted by atomic mass is 10.1. The fourth-order valence-corrected chi connectivity index (χ4v) is 2.12. The van der Waals surface area contributed by atoms with E-state index in [-0.39, 0.29) is 22.5 Å². The molecule has 5 nitrogen and oxygen atoms in total. The van der Waals surface area contributed by atoms with Gasteiger partial charge in [-0.25, -0.2) is 9.37 Å². The van der Waals surface area contributed by atoms with Crippen LogP contribution in [-0.2, 0) is 0 Å². The number of primary amides is 1. The summed E-state index contributed by atoms with van der Waals surface area (Å²) in [5, 5.41) is 2.52. The first kappa shape index (κ1) is 15.1. The minimum absolute atomic E-state index is 0.0199. The van der Waals surface area contributed by atoms with Crippen LogP contribution in [0.25, 0.3) is 0 Å². The summed E-state index contributed by atoms with van der Waals surface area (Å²) in [4.78, 5) is 27.2. The molecule has 0 aliphatic carbocycles. The van der Waals surface area contributed by atoms with E-state index in [9.17, 15) is 14.0 Å². The maximum Gasteiger partial charge on any atom is 0.275 e. The van der Waals surface area contributed by atoms with Gasteiger partial charge in [-0.15, -0.1) is 0 Å². The number of carbonyl (C=O) groups is 2. The van der Waals surface area contributed by atoms with Crippen molar-refractivity contribution in [1.29, 1.82) is 0 Å². The van der Waals surface area contributed by atoms with E-state index in [1.807, 2.05) is 0 Å². The van der Waals surface area contributed by atoms with Gasteiger partial charge in [0.25, 0.3) is 5.91 Å². The van der Waals surface area contributed by atoms with Gasteiger partial charge >= 0.3 is 0 Å². The number of rotatable bonds is 3. The molecule has 21 heavy (non-hydrogen) atoms. The number of hydrogen-bond donors (Lipinski definition) is 2. The van der Waals surface area contributed by atoms with Crippen molar-refractivity contribution in [3.8, 4) is 0 Å². The molecule has 0 aliphatic rings. The van der Waals surface area contributed by atoms with Gasteiger partial charge in [0, 0.05) is 27.5 Å². The van der Waals surface area contributed by atoms with Crippen LogP contribution in [0.4, 0.5) is 10.1 Å². The molecule has 2 rings (SSSR count). The van der Waals surface area contributed by atoms with Crippen LogP contribution in [0, 0.1) is 12.7 Å². The highest BCUT2D eigenvalue weighted by Gasteiger charge is 2.16. The van der Waals surface area contributed by atoms with Crippen molar-refractivity contribution in [2.24, 2.45) is 5.73 Å². The Morgan fingerprint density at radius 3 is 2.71 bits per heavy atom. The van der Waals surface area contributed by atoms with E-state index in [0.29, 0.717) is 4.47 Å². The fraction of sp³-hybridized carbons (Fsp3) is 0.0714. The second kappa shape index (κ2) is 6.01. The van der Waals surface area contributed by atoms with Crippen molar-refractivity contribution >= 4 is 33.4 Å². The summed E-state index contributed by atoms with van der Waals surface area (Å²) in [5.41, 5.74) is 5.65. The van der Waals surface area contributed by atoms with Crippen LogP contribution in [0.1, 0.15) is 26.4 Å². The standard InChI is InChI=1S/C14H11BrFN3O2/c1-7-10(16)5-8(13(17)20)6-11(7)19-14(21)12-9(15)3-2-4-18-12/h2-6H,1H3,(H2,17,20)(H,19,21). The Balaban J connectivity index is 2.38. The fourth-order valence-electron chi connectivity index (χ4n) is 1.69. The van der Waals surface area contributed by atoms with Crippen LogP contribution in [0.2, 0.25) is 0 Å². The Kier molecular flexibility index (Phi) is 4.32. The monoisotopic (exact) mass is 351 g/mol. The quantitative estimate of drug-likeness (QED) is 0.891. The topological polar surface area (TPSA) is 85.1 Å². The number of aromatic nitrogens is 1. The summed E-state index contributed by atoms with van der Waals surface area (Å²) >= 11 is 3.21. The number of carbonyl (C=O) groups excluding carboxylic acids is 2. The third-order valence-corrected chi connectivity index (χ3v) is 3.49. The molecule has 0 fully saturated rings. The minimum atomic E-state index is -0.775. The number of pyridine rings is 1. The van der Waals surface area contributed by atoms with E-state index in [2.05, 4.69) is 26.2 Å². The summed E-state index contributed by atoms with van der Waals surface area (Å²) in [7, 11) is 0. The van der Waals surface area contributed by atoms with Crippen molar-refractivity contribution in [3.05, 3.63) is 57.6 Å². The number of amides is 2. The number of halogens is 2. The molecule has 0 radical (unpaired) electrons. The van der Waals surface area contributed by atoms with E-state index in [4.69, 9.17) is 5.73 Å². The molecule has 3 N–H and O–H groups in total. The van der Waals surface area contributed by atoms with Crippen LogP contribution >= 0.6 is 15.9 Å². The lowest BCUT2D eigenvalue weighted by molar-refractivity contribution is 0.0995. The minimum Gasteiger partial charge on any atom is -0.366 e. The highest BCUT2D eigenvalue weighted by molar-refractivity contribution is 9.10. The first-order valence-electron chi connectivity index (χ1n) is 5.92. The second-order valence-corrected chi connectivity index (χ2v) is 5.14. The van der Waals surface area contributed by atoms with Gasteiger partial charge in [-0.3, -0.25) is 9.59 Å². The molecule has 1 aromatic heterocycles. The molecule has 1 aromatic carbocycles. The van der Waals surface area contributed by atoms with E-state index >= 15 is 0 Å². The summed E-state index contributed by atoms with van der Waals surface area (Å²) in [6.07, 6.45) is 1.47. The molecule has 0 spiro atoms. The van der Waals surface area contributed by atoms with Crippen LogP contribution < -0.4 is 11.1 Å². The number of nitrogens with zero attached hydrogens (tertiary/aromatic N) is 1. The van der Waals surface area contributed by atoms with Crippen LogP contribution in [0.15, 0.2) is 34.9 Å². The maximum atomic E-state index is 13.7. The first-order chi connectivity index (χ1) is 9.90. The Bertz CT molecular complexity index is 734. The van der Waals surface area contributed by atoms with Gasteiger partial charge in [0.05, 0.1) is 0 Å². The summed E-state index contributed by atoms with van der Waals surface area (Å²) in [5.74, 6) is -1.92. The number of hydrogen-bond acceptors (Lipinski definition) is 3. The summed E-state index contributed by atoms with van der Waals surface area (Å²) in [6, 6.07) is 5.69. The molecule has 1 heterocycles. The van der Waals surface area contributed by atoms with Gasteiger partial charge in [0.15, 0.2) is 0 Å². The van der Waals surface area contributed by atoms with Gasteiger partial charge in [-0.2, -0.15) is 0 Å². The maximum absolute atomic E-state index is 13.7. The van der Waals surface area contributed by atoms with Crippen molar-refractivity contribution in [3.63, 3.8) is 0 Å².